The Morgan fingerprint density at radius 3 is 2.68 bits per heavy atom. The zero-order valence-corrected chi connectivity index (χ0v) is 20.7. The first kappa shape index (κ1) is 23.5. The number of carbonyl (C=O) groups excluding carboxylic acids is 1. The number of pyridine rings is 1. The number of halogens is 1. The van der Waals surface area contributed by atoms with Crippen LogP contribution in [0.3, 0.4) is 0 Å². The summed E-state index contributed by atoms with van der Waals surface area (Å²) in [5.74, 6) is -0.156. The average Bonchev–Trinajstić information content (AvgIpc) is 3.60. The first-order valence-electron chi connectivity index (χ1n) is 11.2. The number of nitrogens with one attached hydrogen (secondary N) is 1. The third-order valence-corrected chi connectivity index (χ3v) is 9.76. The second-order valence-corrected chi connectivity index (χ2v) is 12.5. The van der Waals surface area contributed by atoms with E-state index >= 15 is 0 Å². The molecule has 2 aliphatic rings. The maximum atomic E-state index is 13.4. The highest BCUT2D eigenvalue weighted by atomic mass is 35.5. The van der Waals surface area contributed by atoms with Crippen molar-refractivity contribution in [1.29, 1.82) is 0 Å². The van der Waals surface area contributed by atoms with Gasteiger partial charge in [0, 0.05) is 30.5 Å². The van der Waals surface area contributed by atoms with E-state index in [0.29, 0.717) is 42.6 Å². The van der Waals surface area contributed by atoms with Crippen molar-refractivity contribution in [1.82, 2.24) is 9.55 Å². The highest BCUT2D eigenvalue weighted by Gasteiger charge is 2.37. The summed E-state index contributed by atoms with van der Waals surface area (Å²) in [6.45, 7) is 1.23. The van der Waals surface area contributed by atoms with Crippen molar-refractivity contribution in [3.8, 4) is 0 Å². The lowest BCUT2D eigenvalue weighted by atomic mass is 9.92. The largest absolute Gasteiger partial charge is 0.381 e. The molecule has 1 amide bonds. The number of anilines is 1. The van der Waals surface area contributed by atoms with E-state index in [1.807, 2.05) is 0 Å². The van der Waals surface area contributed by atoms with Crippen LogP contribution in [0, 0.1) is 5.92 Å². The molecule has 1 saturated heterocycles. The number of fused-ring (bicyclic) bond motifs is 1. The van der Waals surface area contributed by atoms with Crippen LogP contribution in [-0.4, -0.2) is 42.3 Å². The number of nitrogens with zero attached hydrogens (tertiary/aromatic N) is 2. The van der Waals surface area contributed by atoms with Crippen LogP contribution in [0.5, 0.6) is 0 Å². The molecule has 1 atom stereocenters. The van der Waals surface area contributed by atoms with E-state index in [9.17, 15) is 18.0 Å². The van der Waals surface area contributed by atoms with Crippen molar-refractivity contribution in [3.63, 3.8) is 0 Å². The molecule has 1 saturated carbocycles. The van der Waals surface area contributed by atoms with Gasteiger partial charge in [0.2, 0.25) is 5.91 Å². The van der Waals surface area contributed by atoms with Crippen LogP contribution in [0.1, 0.15) is 38.1 Å². The van der Waals surface area contributed by atoms with E-state index in [-0.39, 0.29) is 16.7 Å². The number of hydrogen-bond acceptors (Lipinski definition) is 7. The molecule has 1 aliphatic carbocycles. The SMILES string of the molecule is O=C(Nc1nc2ccc(Cl)cc2s1)C(CC1CCOCC1)n1ccc(S(=O)(=O)C2CC2)cc1=O. The molecule has 5 rings (SSSR count). The second kappa shape index (κ2) is 9.41. The van der Waals surface area contributed by atoms with Gasteiger partial charge in [0.05, 0.1) is 20.4 Å². The predicted molar refractivity (Wildman–Crippen MR) is 131 cm³/mol. The van der Waals surface area contributed by atoms with Crippen LogP contribution >= 0.6 is 22.9 Å². The van der Waals surface area contributed by atoms with Crippen molar-refractivity contribution in [3.05, 3.63) is 51.9 Å². The average molecular weight is 522 g/mol. The number of sulfone groups is 1. The van der Waals surface area contributed by atoms with Gasteiger partial charge in [0.1, 0.15) is 6.04 Å². The van der Waals surface area contributed by atoms with Gasteiger partial charge in [0.15, 0.2) is 15.0 Å². The molecule has 0 spiro atoms. The van der Waals surface area contributed by atoms with E-state index in [2.05, 4.69) is 10.3 Å². The molecule has 1 aliphatic heterocycles. The summed E-state index contributed by atoms with van der Waals surface area (Å²) in [6.07, 6.45) is 4.71. The van der Waals surface area contributed by atoms with Gasteiger partial charge >= 0.3 is 0 Å². The zero-order chi connectivity index (χ0) is 23.9. The van der Waals surface area contributed by atoms with Crippen LogP contribution in [0.15, 0.2) is 46.2 Å². The Morgan fingerprint density at radius 1 is 1.21 bits per heavy atom. The number of hydrogen-bond donors (Lipinski definition) is 1. The molecule has 3 aromatic rings. The minimum absolute atomic E-state index is 0.0181. The molecule has 34 heavy (non-hydrogen) atoms. The first-order chi connectivity index (χ1) is 16.3. The van der Waals surface area contributed by atoms with E-state index in [1.54, 1.807) is 18.2 Å². The van der Waals surface area contributed by atoms with E-state index in [4.69, 9.17) is 16.3 Å². The standard InChI is InChI=1S/C23H24ClN3O5S2/c24-15-1-4-18-20(12-15)33-23(25-18)26-22(29)19(11-14-6-9-32-10-7-14)27-8-5-17(13-21(27)28)34(30,31)16-2-3-16/h1,4-5,8,12-14,16,19H,2-3,6-7,9-11H2,(H,25,26,29). The van der Waals surface area contributed by atoms with Crippen molar-refractivity contribution < 1.29 is 17.9 Å². The topological polar surface area (TPSA) is 107 Å². The molecule has 8 nitrogen and oxygen atoms in total. The van der Waals surface area contributed by atoms with E-state index < -0.39 is 26.7 Å². The smallest absolute Gasteiger partial charge is 0.252 e. The second-order valence-electron chi connectivity index (χ2n) is 8.78. The van der Waals surface area contributed by atoms with Crippen molar-refractivity contribution in [2.24, 2.45) is 5.92 Å². The number of rotatable bonds is 7. The maximum Gasteiger partial charge on any atom is 0.252 e. The summed E-state index contributed by atoms with van der Waals surface area (Å²) in [6, 6.07) is 7.07. The number of amides is 1. The lowest BCUT2D eigenvalue weighted by Gasteiger charge is -2.27. The van der Waals surface area contributed by atoms with E-state index in [0.717, 1.165) is 29.1 Å². The van der Waals surface area contributed by atoms with Gasteiger partial charge in [-0.25, -0.2) is 13.4 Å². The molecular formula is C23H24ClN3O5S2. The minimum atomic E-state index is -3.49. The van der Waals surface area contributed by atoms with Crippen LogP contribution in [0.2, 0.25) is 5.02 Å². The number of ether oxygens (including phenoxy) is 1. The lowest BCUT2D eigenvalue weighted by molar-refractivity contribution is -0.120. The fourth-order valence-corrected chi connectivity index (χ4v) is 7.06. The molecule has 1 unspecified atom stereocenters. The Bertz CT molecular complexity index is 1390. The van der Waals surface area contributed by atoms with Gasteiger partial charge in [-0.05, 0) is 62.3 Å². The number of carbonyl (C=O) groups is 1. The van der Waals surface area contributed by atoms with Gasteiger partial charge in [-0.3, -0.25) is 9.59 Å². The fraction of sp³-hybridized carbons (Fsp3) is 0.435. The first-order valence-corrected chi connectivity index (χ1v) is 14.0. The summed E-state index contributed by atoms with van der Waals surface area (Å²) < 4.78 is 32.8. The van der Waals surface area contributed by atoms with Crippen LogP contribution in [-0.2, 0) is 19.4 Å². The fourth-order valence-electron chi connectivity index (χ4n) is 4.26. The third-order valence-electron chi connectivity index (χ3n) is 6.33. The van der Waals surface area contributed by atoms with Crippen molar-refractivity contribution >= 4 is 54.0 Å². The van der Waals surface area contributed by atoms with Gasteiger partial charge < -0.3 is 14.6 Å². The molecule has 2 aromatic heterocycles. The number of aromatic nitrogens is 2. The molecular weight excluding hydrogens is 498 g/mol. The van der Waals surface area contributed by atoms with E-state index in [1.165, 1.54) is 28.2 Å². The Hall–Kier alpha value is -2.27. The predicted octanol–water partition coefficient (Wildman–Crippen LogP) is 4.04. The molecule has 0 radical (unpaired) electrons. The van der Waals surface area contributed by atoms with Crippen LogP contribution in [0.4, 0.5) is 5.13 Å². The Morgan fingerprint density at radius 2 is 1.97 bits per heavy atom. The van der Waals surface area contributed by atoms with Crippen LogP contribution < -0.4 is 10.9 Å². The summed E-state index contributed by atoms with van der Waals surface area (Å²) in [5.41, 5.74) is 0.211. The molecule has 180 valence electrons. The van der Waals surface area contributed by atoms with Gasteiger partial charge in [-0.1, -0.05) is 22.9 Å². The summed E-state index contributed by atoms with van der Waals surface area (Å²) in [7, 11) is -3.49. The zero-order valence-electron chi connectivity index (χ0n) is 18.3. The number of thiazole rings is 1. The minimum Gasteiger partial charge on any atom is -0.381 e. The Labute approximate surface area is 205 Å². The summed E-state index contributed by atoms with van der Waals surface area (Å²) in [4.78, 5) is 30.9. The molecule has 0 bridgehead atoms. The molecule has 11 heteroatoms. The molecule has 3 heterocycles. The highest BCUT2D eigenvalue weighted by molar-refractivity contribution is 7.92. The Balaban J connectivity index is 1.44. The molecule has 1 N–H and O–H groups in total. The lowest BCUT2D eigenvalue weighted by Crippen LogP contribution is -2.35. The summed E-state index contributed by atoms with van der Waals surface area (Å²) in [5, 5.41) is 3.45. The van der Waals surface area contributed by atoms with Crippen molar-refractivity contribution in [2.45, 2.75) is 48.3 Å². The molecule has 2 fully saturated rings. The monoisotopic (exact) mass is 521 g/mol. The normalized spacial score (nSPS) is 18.1. The maximum absolute atomic E-state index is 13.4. The van der Waals surface area contributed by atoms with Gasteiger partial charge in [0.25, 0.3) is 5.56 Å². The van der Waals surface area contributed by atoms with Crippen LogP contribution in [0.25, 0.3) is 10.2 Å². The van der Waals surface area contributed by atoms with Gasteiger partial charge in [-0.2, -0.15) is 0 Å². The molecule has 1 aromatic carbocycles. The number of benzene rings is 1. The highest BCUT2D eigenvalue weighted by Crippen LogP contribution is 2.34. The van der Waals surface area contributed by atoms with Gasteiger partial charge in [-0.15, -0.1) is 0 Å². The quantitative estimate of drug-likeness (QED) is 0.502. The Kier molecular flexibility index (Phi) is 6.49. The third kappa shape index (κ3) is 4.91. The summed E-state index contributed by atoms with van der Waals surface area (Å²) >= 11 is 7.36. The van der Waals surface area contributed by atoms with Crippen molar-refractivity contribution in [2.75, 3.05) is 18.5 Å².